The number of anilines is 2. The highest BCUT2D eigenvalue weighted by molar-refractivity contribution is 5.76. The third kappa shape index (κ3) is 4.95. The van der Waals surface area contributed by atoms with Crippen LogP contribution in [0.25, 0.3) is 0 Å². The largest absolute Gasteiger partial charge is 0.378 e. The van der Waals surface area contributed by atoms with Crippen molar-refractivity contribution in [3.8, 4) is 0 Å². The quantitative estimate of drug-likeness (QED) is 0.741. The lowest BCUT2D eigenvalue weighted by Crippen LogP contribution is -3.16. The molecule has 1 saturated heterocycles. The van der Waals surface area contributed by atoms with E-state index >= 15 is 0 Å². The standard InChI is InChI=1S/C20H27N5O/c1-23(2)18-8-6-17(7-9-18)15-22-20(26)16-24-11-13-25(14-12-24)19-5-3-4-10-21-19/h3-10H,11-16H2,1-2H3,(H,22,26)/p+2. The van der Waals surface area contributed by atoms with Crippen molar-refractivity contribution in [2.45, 2.75) is 6.54 Å². The molecule has 0 spiro atoms. The van der Waals surface area contributed by atoms with E-state index in [0.29, 0.717) is 13.1 Å². The van der Waals surface area contributed by atoms with Gasteiger partial charge < -0.3 is 15.1 Å². The smallest absolute Gasteiger partial charge is 0.275 e. The molecular formula is C20H29N5O+2. The summed E-state index contributed by atoms with van der Waals surface area (Å²) in [5.74, 6) is 1.27. The second kappa shape index (κ2) is 8.67. The predicted octanol–water partition coefficient (Wildman–Crippen LogP) is -0.412. The molecule has 26 heavy (non-hydrogen) atoms. The number of rotatable bonds is 6. The predicted molar refractivity (Wildman–Crippen MR) is 103 cm³/mol. The van der Waals surface area contributed by atoms with Crippen LogP contribution in [-0.4, -0.2) is 52.7 Å². The van der Waals surface area contributed by atoms with E-state index in [1.807, 2.05) is 32.4 Å². The Morgan fingerprint density at radius 1 is 1.15 bits per heavy atom. The van der Waals surface area contributed by atoms with Crippen molar-refractivity contribution in [3.05, 3.63) is 54.2 Å². The van der Waals surface area contributed by atoms with Crippen LogP contribution in [0.1, 0.15) is 5.56 Å². The minimum absolute atomic E-state index is 0.122. The molecule has 0 saturated carbocycles. The molecule has 0 aliphatic carbocycles. The Kier molecular flexibility index (Phi) is 6.07. The maximum Gasteiger partial charge on any atom is 0.275 e. The van der Waals surface area contributed by atoms with Crippen LogP contribution in [-0.2, 0) is 11.3 Å². The van der Waals surface area contributed by atoms with Crippen molar-refractivity contribution >= 4 is 17.4 Å². The third-order valence-corrected chi connectivity index (χ3v) is 4.86. The Morgan fingerprint density at radius 3 is 2.50 bits per heavy atom. The summed E-state index contributed by atoms with van der Waals surface area (Å²) in [4.78, 5) is 21.3. The number of benzene rings is 1. The first kappa shape index (κ1) is 18.2. The number of aromatic amines is 1. The molecule has 2 heterocycles. The third-order valence-electron chi connectivity index (χ3n) is 4.86. The lowest BCUT2D eigenvalue weighted by atomic mass is 10.2. The van der Waals surface area contributed by atoms with E-state index in [-0.39, 0.29) is 5.91 Å². The van der Waals surface area contributed by atoms with Crippen LogP contribution in [0, 0.1) is 0 Å². The number of nitrogens with one attached hydrogen (secondary N) is 3. The van der Waals surface area contributed by atoms with Gasteiger partial charge >= 0.3 is 0 Å². The maximum absolute atomic E-state index is 12.3. The van der Waals surface area contributed by atoms with Gasteiger partial charge in [-0.15, -0.1) is 0 Å². The molecule has 3 N–H and O–H groups in total. The number of quaternary nitrogens is 1. The fraction of sp³-hybridized carbons (Fsp3) is 0.400. The molecule has 1 aliphatic rings. The number of hydrogen-bond acceptors (Lipinski definition) is 3. The van der Waals surface area contributed by atoms with Gasteiger partial charge in [0.1, 0.15) is 26.2 Å². The average molecular weight is 355 g/mol. The molecule has 1 aromatic heterocycles. The van der Waals surface area contributed by atoms with Crippen molar-refractivity contribution in [3.63, 3.8) is 0 Å². The highest BCUT2D eigenvalue weighted by Crippen LogP contribution is 2.11. The van der Waals surface area contributed by atoms with E-state index in [0.717, 1.165) is 43.2 Å². The van der Waals surface area contributed by atoms with E-state index in [4.69, 9.17) is 0 Å². The van der Waals surface area contributed by atoms with Gasteiger partial charge in [0, 0.05) is 32.4 Å². The van der Waals surface area contributed by atoms with Crippen LogP contribution < -0.4 is 25.0 Å². The van der Waals surface area contributed by atoms with E-state index in [1.165, 1.54) is 4.90 Å². The highest BCUT2D eigenvalue weighted by Gasteiger charge is 2.26. The average Bonchev–Trinajstić information content (AvgIpc) is 2.68. The second-order valence-electron chi connectivity index (χ2n) is 7.00. The van der Waals surface area contributed by atoms with Gasteiger partial charge in [0.05, 0.1) is 6.20 Å². The zero-order chi connectivity index (χ0) is 18.4. The van der Waals surface area contributed by atoms with Crippen molar-refractivity contribution in [2.24, 2.45) is 0 Å². The Hall–Kier alpha value is -2.60. The molecule has 2 aromatic rings. The van der Waals surface area contributed by atoms with Gasteiger partial charge in [-0.25, -0.2) is 4.98 Å². The summed E-state index contributed by atoms with van der Waals surface area (Å²) in [6.07, 6.45) is 1.95. The summed E-state index contributed by atoms with van der Waals surface area (Å²) in [6.45, 7) is 5.03. The number of amides is 1. The minimum Gasteiger partial charge on any atom is -0.378 e. The van der Waals surface area contributed by atoms with E-state index in [9.17, 15) is 4.79 Å². The Morgan fingerprint density at radius 2 is 1.88 bits per heavy atom. The molecule has 3 rings (SSSR count). The van der Waals surface area contributed by atoms with Crippen LogP contribution in [0.4, 0.5) is 11.5 Å². The lowest BCUT2D eigenvalue weighted by Gasteiger charge is -2.27. The summed E-state index contributed by atoms with van der Waals surface area (Å²) in [7, 11) is 4.05. The number of aromatic nitrogens is 1. The Bertz CT molecular complexity index is 694. The van der Waals surface area contributed by atoms with Gasteiger partial charge in [0.15, 0.2) is 6.54 Å². The van der Waals surface area contributed by atoms with Gasteiger partial charge in [0.2, 0.25) is 0 Å². The number of piperazine rings is 1. The number of carbonyl (C=O) groups is 1. The Balaban J connectivity index is 1.40. The highest BCUT2D eigenvalue weighted by atomic mass is 16.2. The molecule has 6 nitrogen and oxygen atoms in total. The monoisotopic (exact) mass is 355 g/mol. The summed E-state index contributed by atoms with van der Waals surface area (Å²) in [5, 5.41) is 3.04. The van der Waals surface area contributed by atoms with Gasteiger partial charge in [-0.1, -0.05) is 18.2 Å². The molecule has 1 fully saturated rings. The number of H-pyrrole nitrogens is 1. The van der Waals surface area contributed by atoms with Crippen LogP contribution in [0.2, 0.25) is 0 Å². The van der Waals surface area contributed by atoms with E-state index in [1.54, 1.807) is 0 Å². The van der Waals surface area contributed by atoms with E-state index in [2.05, 4.69) is 50.4 Å². The summed E-state index contributed by atoms with van der Waals surface area (Å²) in [5.41, 5.74) is 2.29. The molecule has 0 radical (unpaired) electrons. The van der Waals surface area contributed by atoms with Crippen LogP contribution in [0.5, 0.6) is 0 Å². The molecule has 0 bridgehead atoms. The summed E-state index contributed by atoms with van der Waals surface area (Å²) < 4.78 is 0. The number of hydrogen-bond donors (Lipinski definition) is 2. The zero-order valence-electron chi connectivity index (χ0n) is 15.7. The molecular weight excluding hydrogens is 326 g/mol. The van der Waals surface area contributed by atoms with Gasteiger partial charge in [-0.2, -0.15) is 0 Å². The van der Waals surface area contributed by atoms with Gasteiger partial charge in [0.25, 0.3) is 11.7 Å². The SMILES string of the molecule is CN(C)c1ccc(CNC(=O)C[NH+]2CCN(c3cccc[nH+]3)CC2)cc1. The lowest BCUT2D eigenvalue weighted by molar-refractivity contribution is -0.892. The first-order valence-electron chi connectivity index (χ1n) is 9.20. The summed E-state index contributed by atoms with van der Waals surface area (Å²) >= 11 is 0. The number of nitrogens with zero attached hydrogens (tertiary/aromatic N) is 2. The van der Waals surface area contributed by atoms with Gasteiger partial charge in [-0.3, -0.25) is 9.69 Å². The second-order valence-corrected chi connectivity index (χ2v) is 7.00. The molecule has 6 heteroatoms. The van der Waals surface area contributed by atoms with Gasteiger partial charge in [-0.05, 0) is 23.8 Å². The molecule has 1 aromatic carbocycles. The van der Waals surface area contributed by atoms with Crippen molar-refractivity contribution in [1.29, 1.82) is 0 Å². The zero-order valence-corrected chi connectivity index (χ0v) is 15.7. The fourth-order valence-corrected chi connectivity index (χ4v) is 3.22. The molecule has 1 amide bonds. The van der Waals surface area contributed by atoms with Crippen LogP contribution >= 0.6 is 0 Å². The maximum atomic E-state index is 12.3. The fourth-order valence-electron chi connectivity index (χ4n) is 3.22. The van der Waals surface area contributed by atoms with Crippen molar-refractivity contribution < 1.29 is 14.7 Å². The number of carbonyl (C=O) groups excluding carboxylic acids is 1. The number of pyridine rings is 1. The minimum atomic E-state index is 0.122. The van der Waals surface area contributed by atoms with E-state index < -0.39 is 0 Å². The topological polar surface area (TPSA) is 54.2 Å². The van der Waals surface area contributed by atoms with Crippen LogP contribution in [0.3, 0.4) is 0 Å². The normalized spacial score (nSPS) is 14.9. The Labute approximate surface area is 155 Å². The first-order valence-corrected chi connectivity index (χ1v) is 9.20. The molecule has 0 unspecified atom stereocenters. The first-order chi connectivity index (χ1) is 12.6. The molecule has 0 atom stereocenters. The molecule has 1 aliphatic heterocycles. The molecule has 138 valence electrons. The summed E-state index contributed by atoms with van der Waals surface area (Å²) in [6, 6.07) is 14.4. The van der Waals surface area contributed by atoms with Crippen molar-refractivity contribution in [2.75, 3.05) is 56.6 Å². The van der Waals surface area contributed by atoms with Crippen LogP contribution in [0.15, 0.2) is 48.7 Å². The van der Waals surface area contributed by atoms with Crippen molar-refractivity contribution in [1.82, 2.24) is 5.32 Å².